The van der Waals surface area contributed by atoms with Crippen molar-refractivity contribution in [3.05, 3.63) is 65.7 Å². The van der Waals surface area contributed by atoms with Crippen molar-refractivity contribution in [2.45, 2.75) is 45.4 Å². The third-order valence-corrected chi connectivity index (χ3v) is 4.64. The lowest BCUT2D eigenvalue weighted by atomic mass is 9.97. The molecule has 0 amide bonds. The smallest absolute Gasteiger partial charge is 0.338 e. The Labute approximate surface area is 167 Å². The molecule has 5 heteroatoms. The summed E-state index contributed by atoms with van der Waals surface area (Å²) in [7, 11) is 1.68. The van der Waals surface area contributed by atoms with Crippen LogP contribution < -0.4 is 10.5 Å². The molecular weight excluding hydrogens is 354 g/mol. The van der Waals surface area contributed by atoms with Crippen molar-refractivity contribution in [1.29, 1.82) is 0 Å². The molecule has 0 spiro atoms. The molecule has 152 valence electrons. The van der Waals surface area contributed by atoms with Crippen molar-refractivity contribution in [3.8, 4) is 5.75 Å². The van der Waals surface area contributed by atoms with E-state index in [0.29, 0.717) is 23.8 Å². The Balaban J connectivity index is 1.92. The van der Waals surface area contributed by atoms with Crippen LogP contribution in [0.3, 0.4) is 0 Å². The average Bonchev–Trinajstić information content (AvgIpc) is 2.71. The molecule has 2 rings (SSSR count). The minimum atomic E-state index is -0.354. The highest BCUT2D eigenvalue weighted by molar-refractivity contribution is 5.89. The molecule has 0 heterocycles. The Morgan fingerprint density at radius 1 is 1.04 bits per heavy atom. The van der Waals surface area contributed by atoms with Gasteiger partial charge >= 0.3 is 5.97 Å². The fourth-order valence-corrected chi connectivity index (χ4v) is 2.72. The molecular formula is C23H31NO4. The van der Waals surface area contributed by atoms with Gasteiger partial charge in [0, 0.05) is 26.2 Å². The maximum atomic E-state index is 12.2. The molecule has 0 aliphatic carbocycles. The van der Waals surface area contributed by atoms with Crippen LogP contribution in [-0.4, -0.2) is 31.8 Å². The summed E-state index contributed by atoms with van der Waals surface area (Å²) in [5, 5.41) is 0. The predicted molar refractivity (Wildman–Crippen MR) is 110 cm³/mol. The van der Waals surface area contributed by atoms with Crippen molar-refractivity contribution >= 4 is 5.97 Å². The van der Waals surface area contributed by atoms with Crippen molar-refractivity contribution < 1.29 is 19.0 Å². The summed E-state index contributed by atoms with van der Waals surface area (Å²) < 4.78 is 16.6. The molecule has 2 aromatic carbocycles. The second kappa shape index (κ2) is 11.5. The van der Waals surface area contributed by atoms with Crippen molar-refractivity contribution in [2.24, 2.45) is 11.7 Å². The number of methoxy groups -OCH3 is 1. The number of carbonyl (C=O) groups excluding carboxylic acids is 1. The lowest BCUT2D eigenvalue weighted by Gasteiger charge is -2.24. The van der Waals surface area contributed by atoms with Gasteiger partial charge in [0.1, 0.15) is 18.5 Å². The quantitative estimate of drug-likeness (QED) is 0.587. The number of hydrogen-bond acceptors (Lipinski definition) is 5. The molecule has 0 saturated heterocycles. The number of ether oxygens (including phenoxy) is 3. The Bertz CT molecular complexity index is 700. The lowest BCUT2D eigenvalue weighted by molar-refractivity contribution is 0.0472. The van der Waals surface area contributed by atoms with E-state index < -0.39 is 0 Å². The van der Waals surface area contributed by atoms with Crippen LogP contribution in [0.15, 0.2) is 54.6 Å². The molecule has 0 radical (unpaired) electrons. The highest BCUT2D eigenvalue weighted by Crippen LogP contribution is 2.19. The highest BCUT2D eigenvalue weighted by atomic mass is 16.5. The lowest BCUT2D eigenvalue weighted by Crippen LogP contribution is -2.34. The molecule has 28 heavy (non-hydrogen) atoms. The Kier molecular flexibility index (Phi) is 8.98. The molecule has 0 aliphatic rings. The van der Waals surface area contributed by atoms with Gasteiger partial charge in [0.2, 0.25) is 0 Å². The molecule has 0 aromatic heterocycles. The fourth-order valence-electron chi connectivity index (χ4n) is 2.72. The van der Waals surface area contributed by atoms with Gasteiger partial charge in [-0.2, -0.15) is 0 Å². The standard InChI is InChI=1S/C23H31NO4/c1-17(2)22(24)15-21(13-14-26-3)28-20-11-9-19(10-12-20)23(25)27-16-18-7-5-4-6-8-18/h4-12,17,21-22H,13-16,24H2,1-3H3. The Morgan fingerprint density at radius 2 is 1.71 bits per heavy atom. The molecule has 5 nitrogen and oxygen atoms in total. The maximum Gasteiger partial charge on any atom is 0.338 e. The summed E-state index contributed by atoms with van der Waals surface area (Å²) in [6.45, 7) is 5.07. The second-order valence-corrected chi connectivity index (χ2v) is 7.25. The van der Waals surface area contributed by atoms with Crippen LogP contribution in [-0.2, 0) is 16.1 Å². The molecule has 2 aromatic rings. The van der Waals surface area contributed by atoms with E-state index in [4.69, 9.17) is 19.9 Å². The van der Waals surface area contributed by atoms with Gasteiger partial charge in [-0.25, -0.2) is 4.79 Å². The number of rotatable bonds is 11. The number of hydrogen-bond donors (Lipinski definition) is 1. The molecule has 2 atom stereocenters. The first-order chi connectivity index (χ1) is 13.5. The van der Waals surface area contributed by atoms with Crippen LogP contribution in [0.2, 0.25) is 0 Å². The summed E-state index contributed by atoms with van der Waals surface area (Å²) in [4.78, 5) is 12.2. The van der Waals surface area contributed by atoms with Crippen LogP contribution in [0.1, 0.15) is 42.6 Å². The first-order valence-electron chi connectivity index (χ1n) is 9.72. The Hall–Kier alpha value is -2.37. The molecule has 0 aliphatic heterocycles. The summed E-state index contributed by atoms with van der Waals surface area (Å²) in [6, 6.07) is 16.7. The van der Waals surface area contributed by atoms with Gasteiger partial charge < -0.3 is 19.9 Å². The first-order valence-corrected chi connectivity index (χ1v) is 9.72. The van der Waals surface area contributed by atoms with Gasteiger partial charge in [-0.15, -0.1) is 0 Å². The monoisotopic (exact) mass is 385 g/mol. The second-order valence-electron chi connectivity index (χ2n) is 7.25. The minimum absolute atomic E-state index is 0.0340. The average molecular weight is 386 g/mol. The zero-order valence-corrected chi connectivity index (χ0v) is 17.0. The molecule has 2 N–H and O–H groups in total. The number of carbonyl (C=O) groups is 1. The van der Waals surface area contributed by atoms with Gasteiger partial charge in [0.15, 0.2) is 0 Å². The topological polar surface area (TPSA) is 70.8 Å². The zero-order chi connectivity index (χ0) is 20.4. The van der Waals surface area contributed by atoms with Crippen LogP contribution in [0.5, 0.6) is 5.75 Å². The van der Waals surface area contributed by atoms with E-state index in [-0.39, 0.29) is 24.7 Å². The van der Waals surface area contributed by atoms with Crippen LogP contribution >= 0.6 is 0 Å². The summed E-state index contributed by atoms with van der Waals surface area (Å²) in [5.41, 5.74) is 7.66. The van der Waals surface area contributed by atoms with Crippen molar-refractivity contribution in [3.63, 3.8) is 0 Å². The van der Waals surface area contributed by atoms with E-state index >= 15 is 0 Å². The van der Waals surface area contributed by atoms with E-state index in [0.717, 1.165) is 18.4 Å². The third kappa shape index (κ3) is 7.33. The largest absolute Gasteiger partial charge is 0.490 e. The predicted octanol–water partition coefficient (Wildman–Crippen LogP) is 4.20. The number of nitrogens with two attached hydrogens (primary N) is 1. The van der Waals surface area contributed by atoms with Gasteiger partial charge in [0.25, 0.3) is 0 Å². The van der Waals surface area contributed by atoms with Gasteiger partial charge in [-0.3, -0.25) is 0 Å². The van der Waals surface area contributed by atoms with E-state index in [2.05, 4.69) is 13.8 Å². The SMILES string of the molecule is COCCC(CC(N)C(C)C)Oc1ccc(C(=O)OCc2ccccc2)cc1. The van der Waals surface area contributed by atoms with Crippen molar-refractivity contribution in [1.82, 2.24) is 0 Å². The molecule has 0 bridgehead atoms. The van der Waals surface area contributed by atoms with Gasteiger partial charge in [-0.05, 0) is 42.2 Å². The summed E-state index contributed by atoms with van der Waals surface area (Å²) in [5.74, 6) is 0.736. The normalized spacial score (nSPS) is 13.2. The third-order valence-electron chi connectivity index (χ3n) is 4.64. The van der Waals surface area contributed by atoms with Crippen molar-refractivity contribution in [2.75, 3.05) is 13.7 Å². The molecule has 0 fully saturated rings. The summed E-state index contributed by atoms with van der Waals surface area (Å²) >= 11 is 0. The van der Waals surface area contributed by atoms with Crippen LogP contribution in [0.4, 0.5) is 0 Å². The van der Waals surface area contributed by atoms with Crippen LogP contribution in [0.25, 0.3) is 0 Å². The first kappa shape index (κ1) is 21.9. The minimum Gasteiger partial charge on any atom is -0.490 e. The molecule has 0 saturated carbocycles. The van der Waals surface area contributed by atoms with Crippen LogP contribution in [0, 0.1) is 5.92 Å². The van der Waals surface area contributed by atoms with Gasteiger partial charge in [-0.1, -0.05) is 44.2 Å². The van der Waals surface area contributed by atoms with E-state index in [1.807, 2.05) is 30.3 Å². The van der Waals surface area contributed by atoms with E-state index in [1.165, 1.54) is 0 Å². The number of benzene rings is 2. The zero-order valence-electron chi connectivity index (χ0n) is 17.0. The summed E-state index contributed by atoms with van der Waals surface area (Å²) in [6.07, 6.45) is 1.48. The molecule has 2 unspecified atom stereocenters. The van der Waals surface area contributed by atoms with Gasteiger partial charge in [0.05, 0.1) is 5.56 Å². The fraction of sp³-hybridized carbons (Fsp3) is 0.435. The maximum absolute atomic E-state index is 12.2. The highest BCUT2D eigenvalue weighted by Gasteiger charge is 2.18. The number of esters is 1. The van der Waals surface area contributed by atoms with E-state index in [1.54, 1.807) is 31.4 Å². The Morgan fingerprint density at radius 3 is 2.32 bits per heavy atom. The van der Waals surface area contributed by atoms with E-state index in [9.17, 15) is 4.79 Å².